The lowest BCUT2D eigenvalue weighted by atomic mass is 9.79. The Balaban J connectivity index is 1.67. The second-order valence-electron chi connectivity index (χ2n) is 7.24. The Labute approximate surface area is 132 Å². The van der Waals surface area contributed by atoms with Gasteiger partial charge in [0.25, 0.3) is 0 Å². The number of benzene rings is 1. The molecule has 4 nitrogen and oxygen atoms in total. The van der Waals surface area contributed by atoms with Crippen molar-refractivity contribution in [3.05, 3.63) is 35.4 Å². The standard InChI is InChI=1S/C17H23BO4/c1-16(2)17(3,4)22-18(21-16)14-10-13(14)11-6-8-12(9-7-11)15(19)20-5/h6-9,13-14H,10H2,1-5H3/t13-,14+/m1/s1. The molecule has 0 radical (unpaired) electrons. The average Bonchev–Trinajstić information content (AvgIpc) is 3.21. The molecule has 0 aromatic heterocycles. The van der Waals surface area contributed by atoms with Gasteiger partial charge in [0.1, 0.15) is 0 Å². The highest BCUT2D eigenvalue weighted by atomic mass is 16.7. The number of carbonyl (C=O) groups excluding carboxylic acids is 1. The van der Waals surface area contributed by atoms with Crippen molar-refractivity contribution in [2.24, 2.45) is 0 Å². The van der Waals surface area contributed by atoms with E-state index in [4.69, 9.17) is 14.0 Å². The highest BCUT2D eigenvalue weighted by Gasteiger charge is 2.59. The van der Waals surface area contributed by atoms with Gasteiger partial charge in [-0.25, -0.2) is 4.79 Å². The van der Waals surface area contributed by atoms with Crippen molar-refractivity contribution in [2.75, 3.05) is 7.11 Å². The van der Waals surface area contributed by atoms with Crippen LogP contribution < -0.4 is 0 Å². The largest absolute Gasteiger partial charge is 0.465 e. The summed E-state index contributed by atoms with van der Waals surface area (Å²) in [5.41, 5.74) is 1.26. The molecule has 0 amide bonds. The van der Waals surface area contributed by atoms with Gasteiger partial charge in [-0.3, -0.25) is 0 Å². The summed E-state index contributed by atoms with van der Waals surface area (Å²) in [7, 11) is 1.25. The zero-order chi connectivity index (χ0) is 16.1. The van der Waals surface area contributed by atoms with Crippen molar-refractivity contribution in [3.8, 4) is 0 Å². The minimum atomic E-state index is -0.301. The molecule has 1 aliphatic heterocycles. The zero-order valence-electron chi connectivity index (χ0n) is 13.9. The van der Waals surface area contributed by atoms with E-state index in [9.17, 15) is 4.79 Å². The Bertz CT molecular complexity index is 563. The second-order valence-corrected chi connectivity index (χ2v) is 7.24. The zero-order valence-corrected chi connectivity index (χ0v) is 13.9. The van der Waals surface area contributed by atoms with Gasteiger partial charge in [0.05, 0.1) is 23.9 Å². The number of hydrogen-bond acceptors (Lipinski definition) is 4. The van der Waals surface area contributed by atoms with Gasteiger partial charge < -0.3 is 14.0 Å². The number of ether oxygens (including phenoxy) is 1. The Hall–Kier alpha value is -1.33. The molecular formula is C17H23BO4. The molecular weight excluding hydrogens is 279 g/mol. The monoisotopic (exact) mass is 302 g/mol. The van der Waals surface area contributed by atoms with Crippen LogP contribution in [0.1, 0.15) is 56.0 Å². The van der Waals surface area contributed by atoms with E-state index in [1.165, 1.54) is 12.7 Å². The fourth-order valence-electron chi connectivity index (χ4n) is 2.95. The second kappa shape index (κ2) is 5.10. The molecule has 0 bridgehead atoms. The van der Waals surface area contributed by atoms with Crippen LogP contribution in [0, 0.1) is 0 Å². The summed E-state index contributed by atoms with van der Waals surface area (Å²) in [6.07, 6.45) is 1.06. The lowest BCUT2D eigenvalue weighted by molar-refractivity contribution is 0.00578. The van der Waals surface area contributed by atoms with Crippen LogP contribution in [0.2, 0.25) is 5.82 Å². The summed E-state index contributed by atoms with van der Waals surface area (Å²) < 4.78 is 17.0. The molecule has 0 N–H and O–H groups in total. The summed E-state index contributed by atoms with van der Waals surface area (Å²) in [5, 5.41) is 0. The predicted octanol–water partition coefficient (Wildman–Crippen LogP) is 3.42. The highest BCUT2D eigenvalue weighted by molar-refractivity contribution is 6.49. The summed E-state index contributed by atoms with van der Waals surface area (Å²) in [5.74, 6) is 0.538. The van der Waals surface area contributed by atoms with Gasteiger partial charge in [0, 0.05) is 5.82 Å². The van der Waals surface area contributed by atoms with Crippen LogP contribution in [-0.2, 0) is 14.0 Å². The first-order chi connectivity index (χ1) is 10.2. The van der Waals surface area contributed by atoms with Crippen molar-refractivity contribution >= 4 is 13.1 Å². The molecule has 3 rings (SSSR count). The maximum absolute atomic E-state index is 11.5. The van der Waals surface area contributed by atoms with E-state index in [2.05, 4.69) is 27.7 Å². The van der Waals surface area contributed by atoms with E-state index in [0.717, 1.165) is 6.42 Å². The molecule has 1 aromatic carbocycles. The maximum Gasteiger partial charge on any atom is 0.461 e. The first-order valence-electron chi connectivity index (χ1n) is 7.79. The molecule has 0 spiro atoms. The van der Waals surface area contributed by atoms with Crippen LogP contribution in [0.3, 0.4) is 0 Å². The topological polar surface area (TPSA) is 44.8 Å². The number of hydrogen-bond donors (Lipinski definition) is 0. The summed E-state index contributed by atoms with van der Waals surface area (Å²) in [4.78, 5) is 11.5. The van der Waals surface area contributed by atoms with E-state index in [1.807, 2.05) is 24.3 Å². The SMILES string of the molecule is COC(=O)c1ccc([C@H]2C[C@@H]2B2OC(C)(C)C(C)(C)O2)cc1. The minimum absolute atomic E-state index is 0.143. The van der Waals surface area contributed by atoms with Crippen LogP contribution in [0.5, 0.6) is 0 Å². The van der Waals surface area contributed by atoms with Crippen LogP contribution in [0.4, 0.5) is 0 Å². The van der Waals surface area contributed by atoms with Crippen molar-refractivity contribution in [1.82, 2.24) is 0 Å². The molecule has 22 heavy (non-hydrogen) atoms. The van der Waals surface area contributed by atoms with E-state index < -0.39 is 0 Å². The molecule has 2 atom stereocenters. The van der Waals surface area contributed by atoms with Gasteiger partial charge in [-0.15, -0.1) is 0 Å². The fraction of sp³-hybridized carbons (Fsp3) is 0.588. The van der Waals surface area contributed by atoms with E-state index in [1.54, 1.807) is 0 Å². The summed E-state index contributed by atoms with van der Waals surface area (Å²) >= 11 is 0. The third-order valence-corrected chi connectivity index (χ3v) is 5.22. The molecule has 1 saturated heterocycles. The third-order valence-electron chi connectivity index (χ3n) is 5.22. The Morgan fingerprint density at radius 1 is 1.14 bits per heavy atom. The molecule has 1 aromatic rings. The smallest absolute Gasteiger partial charge is 0.461 e. The lowest BCUT2D eigenvalue weighted by Crippen LogP contribution is -2.41. The Kier molecular flexibility index (Phi) is 3.61. The number of esters is 1. The van der Waals surface area contributed by atoms with Crippen molar-refractivity contribution in [1.29, 1.82) is 0 Å². The van der Waals surface area contributed by atoms with E-state index in [-0.39, 0.29) is 24.3 Å². The summed E-state index contributed by atoms with van der Waals surface area (Å²) in [6.45, 7) is 8.32. The first-order valence-corrected chi connectivity index (χ1v) is 7.79. The molecule has 1 saturated carbocycles. The van der Waals surface area contributed by atoms with Crippen LogP contribution in [0.15, 0.2) is 24.3 Å². The summed E-state index contributed by atoms with van der Waals surface area (Å²) in [6, 6.07) is 7.64. The van der Waals surface area contributed by atoms with Crippen LogP contribution >= 0.6 is 0 Å². The van der Waals surface area contributed by atoms with E-state index in [0.29, 0.717) is 17.3 Å². The maximum atomic E-state index is 11.5. The van der Waals surface area contributed by atoms with Gasteiger partial charge in [0.2, 0.25) is 0 Å². The van der Waals surface area contributed by atoms with Gasteiger partial charge in [-0.2, -0.15) is 0 Å². The third kappa shape index (κ3) is 2.57. The highest BCUT2D eigenvalue weighted by Crippen LogP contribution is 2.58. The molecule has 1 heterocycles. The Morgan fingerprint density at radius 2 is 1.68 bits per heavy atom. The fourth-order valence-corrected chi connectivity index (χ4v) is 2.95. The van der Waals surface area contributed by atoms with Crippen molar-refractivity contribution in [2.45, 2.75) is 57.1 Å². The number of methoxy groups -OCH3 is 1. The number of rotatable bonds is 3. The van der Waals surface area contributed by atoms with Gasteiger partial charge in [-0.1, -0.05) is 12.1 Å². The van der Waals surface area contributed by atoms with Gasteiger partial charge in [0.15, 0.2) is 0 Å². The molecule has 118 valence electrons. The van der Waals surface area contributed by atoms with Crippen LogP contribution in [0.25, 0.3) is 0 Å². The van der Waals surface area contributed by atoms with Gasteiger partial charge >= 0.3 is 13.1 Å². The van der Waals surface area contributed by atoms with Crippen molar-refractivity contribution < 1.29 is 18.8 Å². The Morgan fingerprint density at radius 3 is 2.18 bits per heavy atom. The molecule has 0 unspecified atom stereocenters. The molecule has 5 heteroatoms. The predicted molar refractivity (Wildman–Crippen MR) is 85.0 cm³/mol. The quantitative estimate of drug-likeness (QED) is 0.634. The normalized spacial score (nSPS) is 28.5. The molecule has 2 fully saturated rings. The van der Waals surface area contributed by atoms with Gasteiger partial charge in [-0.05, 0) is 57.7 Å². The van der Waals surface area contributed by atoms with Crippen LogP contribution in [-0.4, -0.2) is 31.4 Å². The van der Waals surface area contributed by atoms with Crippen molar-refractivity contribution in [3.63, 3.8) is 0 Å². The number of carbonyl (C=O) groups is 1. The molecule has 1 aliphatic carbocycles. The average molecular weight is 302 g/mol. The lowest BCUT2D eigenvalue weighted by Gasteiger charge is -2.32. The van der Waals surface area contributed by atoms with E-state index >= 15 is 0 Å². The minimum Gasteiger partial charge on any atom is -0.465 e. The molecule has 2 aliphatic rings. The first kappa shape index (κ1) is 15.6.